The number of hydrogen-bond donors (Lipinski definition) is 2. The molecule has 1 aromatic rings. The second kappa shape index (κ2) is 9.16. The van der Waals surface area contributed by atoms with E-state index in [2.05, 4.69) is 10.3 Å². The van der Waals surface area contributed by atoms with Crippen LogP contribution in [0, 0.1) is 5.92 Å². The molecule has 1 aliphatic carbocycles. The number of hydrogen-bond acceptors (Lipinski definition) is 3. The number of carbonyl (C=O) groups is 1. The summed E-state index contributed by atoms with van der Waals surface area (Å²) in [6.45, 7) is 2.57. The van der Waals surface area contributed by atoms with Crippen LogP contribution in [0.25, 0.3) is 0 Å². The van der Waals surface area contributed by atoms with Gasteiger partial charge < -0.3 is 11.1 Å². The van der Waals surface area contributed by atoms with Gasteiger partial charge in [-0.1, -0.05) is 12.5 Å². The zero-order valence-corrected chi connectivity index (χ0v) is 13.3. The third kappa shape index (κ3) is 4.62. The van der Waals surface area contributed by atoms with Crippen molar-refractivity contribution in [3.8, 4) is 0 Å². The first-order valence-corrected chi connectivity index (χ1v) is 6.62. The molecular weight excluding hydrogens is 297 g/mol. The van der Waals surface area contributed by atoms with Crippen molar-refractivity contribution in [1.82, 2.24) is 10.3 Å². The fraction of sp³-hybridized carbons (Fsp3) is 0.571. The zero-order valence-electron chi connectivity index (χ0n) is 11.6. The first-order chi connectivity index (χ1) is 8.72. The molecule has 3 N–H and O–H groups in total. The molecule has 20 heavy (non-hydrogen) atoms. The summed E-state index contributed by atoms with van der Waals surface area (Å²) in [7, 11) is 0. The Morgan fingerprint density at radius 2 is 2.25 bits per heavy atom. The molecule has 1 aliphatic rings. The predicted octanol–water partition coefficient (Wildman–Crippen LogP) is 2.27. The number of carbonyl (C=O) groups excluding carboxylic acids is 1. The molecule has 6 heteroatoms. The fourth-order valence-corrected chi connectivity index (χ4v) is 2.60. The van der Waals surface area contributed by atoms with Crippen LogP contribution in [0.4, 0.5) is 0 Å². The lowest BCUT2D eigenvalue weighted by Crippen LogP contribution is -2.41. The molecule has 3 unspecified atom stereocenters. The van der Waals surface area contributed by atoms with Gasteiger partial charge in [0.05, 0.1) is 5.92 Å². The minimum Gasteiger partial charge on any atom is -0.353 e. The highest BCUT2D eigenvalue weighted by molar-refractivity contribution is 5.85. The van der Waals surface area contributed by atoms with Gasteiger partial charge in [0, 0.05) is 18.4 Å². The van der Waals surface area contributed by atoms with E-state index in [1.165, 1.54) is 0 Å². The number of pyridine rings is 1. The van der Waals surface area contributed by atoms with Gasteiger partial charge in [-0.05, 0) is 43.9 Å². The third-order valence-corrected chi connectivity index (χ3v) is 3.87. The fourth-order valence-electron chi connectivity index (χ4n) is 2.60. The summed E-state index contributed by atoms with van der Waals surface area (Å²) in [5.74, 6) is 0.362. The average Bonchev–Trinajstić information content (AvgIpc) is 2.86. The Balaban J connectivity index is 0.00000180. The van der Waals surface area contributed by atoms with Crippen molar-refractivity contribution < 1.29 is 4.79 Å². The topological polar surface area (TPSA) is 68.0 Å². The van der Waals surface area contributed by atoms with Crippen molar-refractivity contribution in [3.63, 3.8) is 0 Å². The Hall–Kier alpha value is -0.840. The lowest BCUT2D eigenvalue weighted by Gasteiger charge is -2.21. The quantitative estimate of drug-likeness (QED) is 0.894. The van der Waals surface area contributed by atoms with Gasteiger partial charge >= 0.3 is 0 Å². The normalized spacial score (nSPS) is 22.3. The smallest absolute Gasteiger partial charge is 0.227 e. The van der Waals surface area contributed by atoms with Gasteiger partial charge in [0.1, 0.15) is 0 Å². The van der Waals surface area contributed by atoms with Gasteiger partial charge in [-0.25, -0.2) is 0 Å². The van der Waals surface area contributed by atoms with Crippen LogP contribution in [0.2, 0.25) is 0 Å². The highest BCUT2D eigenvalue weighted by atomic mass is 35.5. The highest BCUT2D eigenvalue weighted by Gasteiger charge is 2.28. The second-order valence-corrected chi connectivity index (χ2v) is 5.05. The highest BCUT2D eigenvalue weighted by Crippen LogP contribution is 2.25. The largest absolute Gasteiger partial charge is 0.353 e. The van der Waals surface area contributed by atoms with E-state index in [9.17, 15) is 4.79 Å². The van der Waals surface area contributed by atoms with E-state index in [-0.39, 0.29) is 42.7 Å². The Morgan fingerprint density at radius 3 is 2.85 bits per heavy atom. The van der Waals surface area contributed by atoms with E-state index >= 15 is 0 Å². The first kappa shape index (κ1) is 19.2. The molecule has 0 bridgehead atoms. The van der Waals surface area contributed by atoms with Crippen LogP contribution >= 0.6 is 24.8 Å². The monoisotopic (exact) mass is 319 g/mol. The Bertz CT molecular complexity index is 403. The van der Waals surface area contributed by atoms with Crippen LogP contribution in [-0.4, -0.2) is 23.5 Å². The summed E-state index contributed by atoms with van der Waals surface area (Å²) >= 11 is 0. The molecule has 0 spiro atoms. The molecule has 2 rings (SSSR count). The zero-order chi connectivity index (χ0) is 13.0. The van der Waals surface area contributed by atoms with Crippen molar-refractivity contribution in [2.24, 2.45) is 11.7 Å². The van der Waals surface area contributed by atoms with E-state index in [1.807, 2.05) is 19.1 Å². The molecule has 0 aliphatic heterocycles. The van der Waals surface area contributed by atoms with Gasteiger partial charge in [-0.2, -0.15) is 0 Å². The maximum atomic E-state index is 12.2. The summed E-state index contributed by atoms with van der Waals surface area (Å²) < 4.78 is 0. The van der Waals surface area contributed by atoms with E-state index < -0.39 is 0 Å². The SMILES string of the molecule is CC(C(=O)NC1CCCC1CN)c1cccnc1.Cl.Cl. The van der Waals surface area contributed by atoms with E-state index in [4.69, 9.17) is 5.73 Å². The summed E-state index contributed by atoms with van der Waals surface area (Å²) in [4.78, 5) is 16.2. The number of nitrogens with two attached hydrogens (primary N) is 1. The molecule has 4 nitrogen and oxygen atoms in total. The van der Waals surface area contributed by atoms with Crippen LogP contribution in [0.3, 0.4) is 0 Å². The van der Waals surface area contributed by atoms with Gasteiger partial charge in [-0.3, -0.25) is 9.78 Å². The molecule has 1 amide bonds. The number of aromatic nitrogens is 1. The van der Waals surface area contributed by atoms with Gasteiger partial charge in [-0.15, -0.1) is 24.8 Å². The van der Waals surface area contributed by atoms with Crippen LogP contribution in [0.15, 0.2) is 24.5 Å². The first-order valence-electron chi connectivity index (χ1n) is 6.62. The minimum absolute atomic E-state index is 0. The molecular formula is C14H23Cl2N3O. The van der Waals surface area contributed by atoms with E-state index in [1.54, 1.807) is 12.4 Å². The van der Waals surface area contributed by atoms with Crippen LogP contribution in [-0.2, 0) is 4.79 Å². The van der Waals surface area contributed by atoms with Gasteiger partial charge in [0.2, 0.25) is 5.91 Å². The Kier molecular flexibility index (Phi) is 8.78. The summed E-state index contributed by atoms with van der Waals surface area (Å²) in [5, 5.41) is 3.13. The van der Waals surface area contributed by atoms with Crippen LogP contribution in [0.1, 0.15) is 37.7 Å². The number of nitrogens with zero attached hydrogens (tertiary/aromatic N) is 1. The molecule has 1 fully saturated rings. The number of nitrogens with one attached hydrogen (secondary N) is 1. The minimum atomic E-state index is -0.155. The van der Waals surface area contributed by atoms with Crippen molar-refractivity contribution in [3.05, 3.63) is 30.1 Å². The molecule has 114 valence electrons. The number of halogens is 2. The lowest BCUT2D eigenvalue weighted by molar-refractivity contribution is -0.123. The number of rotatable bonds is 4. The van der Waals surface area contributed by atoms with Crippen molar-refractivity contribution >= 4 is 30.7 Å². The van der Waals surface area contributed by atoms with Crippen molar-refractivity contribution in [2.45, 2.75) is 38.1 Å². The Morgan fingerprint density at radius 1 is 1.50 bits per heavy atom. The van der Waals surface area contributed by atoms with E-state index in [0.717, 1.165) is 24.8 Å². The van der Waals surface area contributed by atoms with Gasteiger partial charge in [0.25, 0.3) is 0 Å². The molecule has 1 saturated carbocycles. The van der Waals surface area contributed by atoms with Crippen LogP contribution < -0.4 is 11.1 Å². The number of amides is 1. The van der Waals surface area contributed by atoms with Crippen molar-refractivity contribution in [1.29, 1.82) is 0 Å². The standard InChI is InChI=1S/C14H21N3O.2ClH/c1-10(12-5-3-7-16-9-12)14(18)17-13-6-2-4-11(13)8-15;;/h3,5,7,9-11,13H,2,4,6,8,15H2,1H3,(H,17,18);2*1H. The van der Waals surface area contributed by atoms with Crippen LogP contribution in [0.5, 0.6) is 0 Å². The Labute approximate surface area is 132 Å². The molecule has 0 saturated heterocycles. The predicted molar refractivity (Wildman–Crippen MR) is 85.5 cm³/mol. The lowest BCUT2D eigenvalue weighted by atomic mass is 9.99. The molecule has 0 aromatic carbocycles. The summed E-state index contributed by atoms with van der Waals surface area (Å²) in [6, 6.07) is 4.05. The summed E-state index contributed by atoms with van der Waals surface area (Å²) in [5.41, 5.74) is 6.68. The average molecular weight is 320 g/mol. The van der Waals surface area contributed by atoms with Crippen molar-refractivity contribution in [2.75, 3.05) is 6.54 Å². The van der Waals surface area contributed by atoms with Gasteiger partial charge in [0.15, 0.2) is 0 Å². The molecule has 0 radical (unpaired) electrons. The van der Waals surface area contributed by atoms with E-state index in [0.29, 0.717) is 12.5 Å². The maximum absolute atomic E-state index is 12.2. The molecule has 1 heterocycles. The second-order valence-electron chi connectivity index (χ2n) is 5.05. The maximum Gasteiger partial charge on any atom is 0.227 e. The third-order valence-electron chi connectivity index (χ3n) is 3.87. The molecule has 1 aromatic heterocycles. The summed E-state index contributed by atoms with van der Waals surface area (Å²) in [6.07, 6.45) is 6.80. The molecule has 3 atom stereocenters.